The molecule has 0 saturated heterocycles. The molecule has 13 heavy (non-hydrogen) atoms. The quantitative estimate of drug-likeness (QED) is 0.267. The Bertz CT molecular complexity index is 279. The van der Waals surface area contributed by atoms with Gasteiger partial charge in [-0.3, -0.25) is 9.79 Å². The molecule has 9 heteroatoms. The number of carbonyl (C=O) groups is 1. The van der Waals surface area contributed by atoms with Crippen LogP contribution in [-0.2, 0) is 13.9 Å². The van der Waals surface area contributed by atoms with Crippen LogP contribution >= 0.6 is 7.82 Å². The Balaban J connectivity index is -0.000000500. The maximum absolute atomic E-state index is 10.4. The number of carbonyl (C=O) groups excluding carboxylic acids is 1. The van der Waals surface area contributed by atoms with Gasteiger partial charge in [0.15, 0.2) is 0 Å². The van der Waals surface area contributed by atoms with Gasteiger partial charge in [0.2, 0.25) is 0 Å². The van der Waals surface area contributed by atoms with Crippen LogP contribution in [0.2, 0.25) is 0 Å². The molecule has 0 aliphatic carbocycles. The van der Waals surface area contributed by atoms with E-state index in [0.717, 1.165) is 0 Å². The standard InChI is InChI=1S/C4H4NO5P.2K.2H/c1-3(2-5)4(6)10-11(7,8)9;;;;/h1H2,(H2,7,8,9);;;;. The van der Waals surface area contributed by atoms with Crippen LogP contribution in [0.5, 0.6) is 0 Å². The molecular weight excluding hydrogens is 251 g/mol. The van der Waals surface area contributed by atoms with Crippen molar-refractivity contribution in [1.82, 2.24) is 0 Å². The van der Waals surface area contributed by atoms with Crippen molar-refractivity contribution in [2.24, 2.45) is 0 Å². The normalized spacial score (nSPS) is 8.38. The average molecular weight is 257 g/mol. The number of hydrogen-bond acceptors (Lipinski definition) is 4. The van der Waals surface area contributed by atoms with Crippen molar-refractivity contribution in [1.29, 1.82) is 5.26 Å². The van der Waals surface area contributed by atoms with Crippen molar-refractivity contribution in [2.75, 3.05) is 0 Å². The van der Waals surface area contributed by atoms with Gasteiger partial charge < -0.3 is 4.52 Å². The van der Waals surface area contributed by atoms with Crippen LogP contribution in [0.25, 0.3) is 0 Å². The van der Waals surface area contributed by atoms with Gasteiger partial charge in [-0.1, -0.05) is 6.58 Å². The Morgan fingerprint density at radius 1 is 1.46 bits per heavy atom. The van der Waals surface area contributed by atoms with Crippen LogP contribution in [0.1, 0.15) is 0 Å². The molecule has 0 rings (SSSR count). The first-order valence-electron chi connectivity index (χ1n) is 2.25. The van der Waals surface area contributed by atoms with Gasteiger partial charge in [-0.15, -0.1) is 0 Å². The first-order valence-corrected chi connectivity index (χ1v) is 3.78. The molecule has 0 atom stereocenters. The van der Waals surface area contributed by atoms with Crippen molar-refractivity contribution in [3.63, 3.8) is 0 Å². The van der Waals surface area contributed by atoms with Crippen LogP contribution in [0.15, 0.2) is 12.2 Å². The predicted molar refractivity (Wildman–Crippen MR) is 47.2 cm³/mol. The molecule has 0 heterocycles. The Morgan fingerprint density at radius 3 is 2.08 bits per heavy atom. The summed E-state index contributed by atoms with van der Waals surface area (Å²) in [6.07, 6.45) is 0. The average Bonchev–Trinajstić information content (AvgIpc) is 1.82. The minimum absolute atomic E-state index is 0. The summed E-state index contributed by atoms with van der Waals surface area (Å²) in [5, 5.41) is 8.00. The van der Waals surface area contributed by atoms with Crippen molar-refractivity contribution in [3.05, 3.63) is 12.2 Å². The second-order valence-electron chi connectivity index (χ2n) is 1.46. The molecule has 0 aliphatic rings. The maximum atomic E-state index is 10.4. The molecule has 0 aromatic carbocycles. The third-order valence-corrected chi connectivity index (χ3v) is 0.987. The fraction of sp³-hybridized carbons (Fsp3) is 0. The molecule has 0 radical (unpaired) electrons. The molecule has 0 bridgehead atoms. The SMILES string of the molecule is C=C(C#N)C(=O)OP(=O)(O)O.[KH].[KH]. The zero-order valence-electron chi connectivity index (χ0n) is 5.22. The zero-order valence-corrected chi connectivity index (χ0v) is 6.12. The van der Waals surface area contributed by atoms with E-state index in [1.54, 1.807) is 0 Å². The Labute approximate surface area is 160 Å². The Kier molecular flexibility index (Phi) is 14.8. The fourth-order valence-corrected chi connectivity index (χ4v) is 0.535. The van der Waals surface area contributed by atoms with Gasteiger partial charge in [-0.05, 0) is 0 Å². The van der Waals surface area contributed by atoms with E-state index < -0.39 is 19.4 Å². The van der Waals surface area contributed by atoms with E-state index in [0.29, 0.717) is 0 Å². The monoisotopic (exact) mass is 257 g/mol. The molecule has 0 amide bonds. The summed E-state index contributed by atoms with van der Waals surface area (Å²) >= 11 is 0. The number of phosphoric acid groups is 1. The second-order valence-corrected chi connectivity index (χ2v) is 2.62. The molecule has 0 saturated carbocycles. The first-order chi connectivity index (χ1) is 4.87. The van der Waals surface area contributed by atoms with Gasteiger partial charge in [0.05, 0.1) is 0 Å². The molecule has 64 valence electrons. The van der Waals surface area contributed by atoms with Gasteiger partial charge in [-0.2, -0.15) is 5.26 Å². The molecule has 6 nitrogen and oxygen atoms in total. The molecule has 0 aliphatic heterocycles. The molecule has 0 fully saturated rings. The fourth-order valence-electron chi connectivity index (χ4n) is 0.209. The number of nitrogens with zero attached hydrogens (tertiary/aromatic N) is 1. The summed E-state index contributed by atoms with van der Waals surface area (Å²) in [5.41, 5.74) is -0.659. The molecular formula is C4H6K2NO5P. The first kappa shape index (κ1) is 20.5. The summed E-state index contributed by atoms with van der Waals surface area (Å²) < 4.78 is 13.5. The van der Waals surface area contributed by atoms with Gasteiger partial charge in [-0.25, -0.2) is 9.36 Å². The van der Waals surface area contributed by atoms with E-state index in [2.05, 4.69) is 11.1 Å². The van der Waals surface area contributed by atoms with Gasteiger partial charge in [0.25, 0.3) is 0 Å². The minimum atomic E-state index is -4.85. The van der Waals surface area contributed by atoms with Crippen molar-refractivity contribution in [2.45, 2.75) is 0 Å². The topological polar surface area (TPSA) is 108 Å². The van der Waals surface area contributed by atoms with Gasteiger partial charge >= 0.3 is 117 Å². The van der Waals surface area contributed by atoms with Crippen molar-refractivity contribution < 1.29 is 23.7 Å². The van der Waals surface area contributed by atoms with Crippen LogP contribution in [0, 0.1) is 11.3 Å². The molecule has 0 unspecified atom stereocenters. The summed E-state index contributed by atoms with van der Waals surface area (Å²) in [5.74, 6) is -1.42. The number of nitriles is 1. The van der Waals surface area contributed by atoms with Crippen LogP contribution < -0.4 is 0 Å². The summed E-state index contributed by atoms with van der Waals surface area (Å²) in [6.45, 7) is 2.88. The van der Waals surface area contributed by atoms with Crippen molar-refractivity contribution in [3.8, 4) is 6.07 Å². The third-order valence-electron chi connectivity index (χ3n) is 0.583. The third kappa shape index (κ3) is 12.1. The number of rotatable bonds is 2. The van der Waals surface area contributed by atoms with Gasteiger partial charge in [0.1, 0.15) is 11.6 Å². The number of hydrogen-bond donors (Lipinski definition) is 2. The Morgan fingerprint density at radius 2 is 1.85 bits per heavy atom. The van der Waals surface area contributed by atoms with E-state index in [-0.39, 0.29) is 103 Å². The number of phosphoric ester groups is 1. The summed E-state index contributed by atoms with van der Waals surface area (Å²) in [7, 11) is -4.85. The van der Waals surface area contributed by atoms with E-state index in [1.807, 2.05) is 0 Å². The molecule has 0 aromatic rings. The second kappa shape index (κ2) is 9.36. The van der Waals surface area contributed by atoms with Crippen LogP contribution in [0.4, 0.5) is 0 Å². The molecule has 2 N–H and O–H groups in total. The van der Waals surface area contributed by atoms with E-state index in [4.69, 9.17) is 15.0 Å². The molecule has 0 aromatic heterocycles. The summed E-state index contributed by atoms with van der Waals surface area (Å²) in [6, 6.07) is 1.27. The van der Waals surface area contributed by atoms with E-state index in [1.165, 1.54) is 6.07 Å². The summed E-state index contributed by atoms with van der Waals surface area (Å²) in [4.78, 5) is 26.5. The predicted octanol–water partition coefficient (Wildman–Crippen LogP) is -1.59. The van der Waals surface area contributed by atoms with Crippen molar-refractivity contribution >= 4 is 117 Å². The zero-order chi connectivity index (χ0) is 9.07. The van der Waals surface area contributed by atoms with E-state index in [9.17, 15) is 9.36 Å². The Hall–Kier alpha value is 2.12. The van der Waals surface area contributed by atoms with Gasteiger partial charge in [0, 0.05) is 0 Å². The van der Waals surface area contributed by atoms with E-state index >= 15 is 0 Å². The van der Waals surface area contributed by atoms with Crippen LogP contribution in [0.3, 0.4) is 0 Å². The molecule has 0 spiro atoms. The van der Waals surface area contributed by atoms with Crippen LogP contribution in [-0.4, -0.2) is 119 Å².